The molecule has 1 aliphatic heterocycles. The highest BCUT2D eigenvalue weighted by Gasteiger charge is 2.28. The zero-order valence-electron chi connectivity index (χ0n) is 50.9. The van der Waals surface area contributed by atoms with Gasteiger partial charge in [-0.05, 0) is 160 Å². The summed E-state index contributed by atoms with van der Waals surface area (Å²) >= 11 is 0. The number of allylic oxidation sites excluding steroid dienone is 22. The van der Waals surface area contributed by atoms with E-state index in [0.717, 1.165) is 88.3 Å². The van der Waals surface area contributed by atoms with Crippen LogP contribution in [0.5, 0.6) is 5.75 Å². The summed E-state index contributed by atoms with van der Waals surface area (Å²) in [5, 5.41) is 0. The van der Waals surface area contributed by atoms with Gasteiger partial charge >= 0.3 is 0 Å². The SMILES string of the molecule is C=C/C=C(\C=C/CN(C(=C)/C=C\C1=CC(=C)C(C)N1C1=CCC=CC(N(/C(C=C)=C/C=C(\C)OC)c2ccccc2)=C1)/C(C=C)=C/C=C)OC.CC.CC.CC.CC.CC/C=C/N(C1=C/C/C=C\C/C=C\1)c1ccc(OC)cc1. The molecule has 1 unspecified atom stereocenters. The number of hydrogen-bond donors (Lipinski definition) is 0. The Morgan fingerprint density at radius 3 is 1.89 bits per heavy atom. The van der Waals surface area contributed by atoms with Gasteiger partial charge in [0.1, 0.15) is 11.5 Å². The van der Waals surface area contributed by atoms with Gasteiger partial charge in [-0.1, -0.05) is 181 Å². The van der Waals surface area contributed by atoms with Crippen LogP contribution in [0.15, 0.2) is 297 Å². The molecule has 79 heavy (non-hydrogen) atoms. The quantitative estimate of drug-likeness (QED) is 0.0624. The lowest BCUT2D eigenvalue weighted by atomic mass is 10.1. The maximum absolute atomic E-state index is 5.42. The molecule has 0 bridgehead atoms. The van der Waals surface area contributed by atoms with E-state index in [9.17, 15) is 0 Å². The minimum absolute atomic E-state index is 0.0455. The maximum atomic E-state index is 5.42. The molecule has 0 radical (unpaired) electrons. The third-order valence-electron chi connectivity index (χ3n) is 11.4. The molecular formula is C72H98N4O3. The summed E-state index contributed by atoms with van der Waals surface area (Å²) in [6.07, 6.45) is 52.8. The van der Waals surface area contributed by atoms with E-state index in [0.29, 0.717) is 12.3 Å². The van der Waals surface area contributed by atoms with Gasteiger partial charge in [-0.2, -0.15) is 0 Å². The number of para-hydroxylation sites is 1. The van der Waals surface area contributed by atoms with Gasteiger partial charge in [0.25, 0.3) is 0 Å². The van der Waals surface area contributed by atoms with E-state index in [1.165, 1.54) is 5.70 Å². The van der Waals surface area contributed by atoms with Crippen molar-refractivity contribution < 1.29 is 14.2 Å². The summed E-state index contributed by atoms with van der Waals surface area (Å²) in [7, 11) is 4.99. The Kier molecular flexibility index (Phi) is 39.4. The standard InChI is InChI=1S/C45H51N3O2.C19H23NO.4C2H6/c1-11-21-39(13-3)46(32-20-27-45(50-10)22-12-2)36(6)28-30-44-33-35(5)38(8)47(44)42-25-18-19-26-43(34-42)48(41-23-16-15-17-24-41)40(14-4)31-29-37(7)49-9;1-3-4-16-20(17-10-8-6-5-7-9-11-17)18-12-14-19(21-2)15-13-18;4*1-2/h11-17,19-31,33-34,38H,1-6,18,32H2,7-10H3;4-6,9-16H,3,7-8H2,1-2H3;4*1-2H3/b27-20-,30-28-,37-29+,39-21+,40-31+,45-22+;6-5-,11-9-,16-4+,17-10+;;;;. The van der Waals surface area contributed by atoms with Gasteiger partial charge in [-0.25, -0.2) is 0 Å². The molecule has 7 nitrogen and oxygen atoms in total. The first-order valence-corrected chi connectivity index (χ1v) is 28.0. The Morgan fingerprint density at radius 2 is 1.29 bits per heavy atom. The maximum Gasteiger partial charge on any atom is 0.119 e. The molecule has 3 aliphatic rings. The predicted molar refractivity (Wildman–Crippen MR) is 350 cm³/mol. The first-order chi connectivity index (χ1) is 38.6. The van der Waals surface area contributed by atoms with Crippen molar-refractivity contribution in [2.24, 2.45) is 0 Å². The fourth-order valence-corrected chi connectivity index (χ4v) is 7.54. The van der Waals surface area contributed by atoms with Crippen molar-refractivity contribution in [1.29, 1.82) is 0 Å². The van der Waals surface area contributed by atoms with E-state index in [2.05, 4.69) is 176 Å². The molecule has 1 heterocycles. The Labute approximate surface area is 481 Å². The average molecular weight is 1070 g/mol. The molecule has 2 aliphatic carbocycles. The molecule has 2 aromatic rings. The zero-order chi connectivity index (χ0) is 59.4. The summed E-state index contributed by atoms with van der Waals surface area (Å²) in [5.74, 6) is 2.38. The van der Waals surface area contributed by atoms with Crippen molar-refractivity contribution in [3.05, 3.63) is 297 Å². The monoisotopic (exact) mass is 1070 g/mol. The summed E-state index contributed by atoms with van der Waals surface area (Å²) < 4.78 is 16.1. The fraction of sp³-hybridized carbons (Fsp3) is 0.278. The van der Waals surface area contributed by atoms with Gasteiger partial charge in [0.2, 0.25) is 0 Å². The number of ether oxygens (including phenoxy) is 3. The lowest BCUT2D eigenvalue weighted by molar-refractivity contribution is 0.294. The number of methoxy groups -OCH3 is 3. The van der Waals surface area contributed by atoms with Gasteiger partial charge in [-0.15, -0.1) is 0 Å². The van der Waals surface area contributed by atoms with Crippen molar-refractivity contribution in [2.45, 2.75) is 108 Å². The highest BCUT2D eigenvalue weighted by molar-refractivity contribution is 5.65. The summed E-state index contributed by atoms with van der Waals surface area (Å²) in [5.41, 5.74) is 10.0. The van der Waals surface area contributed by atoms with Gasteiger partial charge in [-0.3, -0.25) is 0 Å². The molecule has 0 fully saturated rings. The molecule has 0 spiro atoms. The first-order valence-electron chi connectivity index (χ1n) is 28.0. The highest BCUT2D eigenvalue weighted by Crippen LogP contribution is 2.35. The Hall–Kier alpha value is -8.16. The van der Waals surface area contributed by atoms with Crippen LogP contribution in [-0.2, 0) is 9.47 Å². The molecule has 0 N–H and O–H groups in total. The fourth-order valence-electron chi connectivity index (χ4n) is 7.54. The van der Waals surface area contributed by atoms with Crippen LogP contribution in [0.4, 0.5) is 11.4 Å². The largest absolute Gasteiger partial charge is 0.501 e. The predicted octanol–water partition coefficient (Wildman–Crippen LogP) is 20.2. The van der Waals surface area contributed by atoms with E-state index >= 15 is 0 Å². The number of nitrogens with zero attached hydrogens (tertiary/aromatic N) is 4. The Morgan fingerprint density at radius 1 is 0.671 bits per heavy atom. The van der Waals surface area contributed by atoms with Crippen molar-refractivity contribution >= 4 is 11.4 Å². The van der Waals surface area contributed by atoms with Crippen molar-refractivity contribution in [1.82, 2.24) is 9.80 Å². The van der Waals surface area contributed by atoms with Gasteiger partial charge in [0.05, 0.1) is 33.1 Å². The van der Waals surface area contributed by atoms with Crippen LogP contribution in [-0.4, -0.2) is 43.7 Å². The van der Waals surface area contributed by atoms with Gasteiger partial charge in [0, 0.05) is 64.0 Å². The van der Waals surface area contributed by atoms with Crippen LogP contribution in [0, 0.1) is 0 Å². The molecule has 0 saturated heterocycles. The third kappa shape index (κ3) is 24.4. The van der Waals surface area contributed by atoms with Crippen LogP contribution in [0.2, 0.25) is 0 Å². The minimum atomic E-state index is 0.0455. The van der Waals surface area contributed by atoms with Gasteiger partial charge < -0.3 is 33.8 Å². The molecule has 424 valence electrons. The van der Waals surface area contributed by atoms with E-state index in [4.69, 9.17) is 14.2 Å². The number of hydrogen-bond acceptors (Lipinski definition) is 7. The van der Waals surface area contributed by atoms with Crippen molar-refractivity contribution in [2.75, 3.05) is 37.7 Å². The third-order valence-corrected chi connectivity index (χ3v) is 11.4. The minimum Gasteiger partial charge on any atom is -0.501 e. The molecule has 0 amide bonds. The molecule has 0 aromatic heterocycles. The second-order valence-corrected chi connectivity index (χ2v) is 16.2. The van der Waals surface area contributed by atoms with E-state index in [-0.39, 0.29) is 6.04 Å². The second-order valence-electron chi connectivity index (χ2n) is 16.2. The first kappa shape index (κ1) is 70.8. The van der Waals surface area contributed by atoms with Crippen LogP contribution in [0.3, 0.4) is 0 Å². The molecule has 2 aromatic carbocycles. The molecular weight excluding hydrogens is 969 g/mol. The molecule has 5 rings (SSSR count). The van der Waals surface area contributed by atoms with Crippen LogP contribution < -0.4 is 14.5 Å². The van der Waals surface area contributed by atoms with Crippen molar-refractivity contribution in [3.63, 3.8) is 0 Å². The normalized spacial score (nSPS) is 16.6. The zero-order valence-corrected chi connectivity index (χ0v) is 50.9. The number of rotatable bonds is 23. The molecule has 0 saturated carbocycles. The Balaban J connectivity index is 0.00000174. The van der Waals surface area contributed by atoms with Crippen LogP contribution >= 0.6 is 0 Å². The summed E-state index contributed by atoms with van der Waals surface area (Å²) in [6.45, 7) is 47.4. The van der Waals surface area contributed by atoms with Gasteiger partial charge in [0.15, 0.2) is 0 Å². The van der Waals surface area contributed by atoms with Crippen LogP contribution in [0.1, 0.15) is 102 Å². The van der Waals surface area contributed by atoms with Crippen molar-refractivity contribution in [3.8, 4) is 5.75 Å². The van der Waals surface area contributed by atoms with E-state index in [1.54, 1.807) is 39.6 Å². The lowest BCUT2D eigenvalue weighted by Gasteiger charge is -2.31. The molecule has 1 atom stereocenters. The highest BCUT2D eigenvalue weighted by atomic mass is 16.5. The van der Waals surface area contributed by atoms with Crippen LogP contribution in [0.25, 0.3) is 0 Å². The van der Waals surface area contributed by atoms with E-state index in [1.807, 2.05) is 141 Å². The Bertz CT molecular complexity index is 2610. The number of benzene rings is 2. The number of anilines is 2. The summed E-state index contributed by atoms with van der Waals surface area (Å²) in [4.78, 5) is 8.80. The second kappa shape index (κ2) is 43.9. The molecule has 7 heteroatoms. The smallest absolute Gasteiger partial charge is 0.119 e. The summed E-state index contributed by atoms with van der Waals surface area (Å²) in [6, 6.07) is 18.5. The topological polar surface area (TPSA) is 40.7 Å². The van der Waals surface area contributed by atoms with E-state index < -0.39 is 0 Å². The lowest BCUT2D eigenvalue weighted by Crippen LogP contribution is -2.28. The average Bonchev–Trinajstić information content (AvgIpc) is 3.60.